The number of hydrogen-bond acceptors (Lipinski definition) is 1. The summed E-state index contributed by atoms with van der Waals surface area (Å²) in [6.07, 6.45) is 0. The van der Waals surface area contributed by atoms with Crippen molar-refractivity contribution in [2.75, 3.05) is 0 Å². The topological polar surface area (TPSA) is 23.0 Å². The van der Waals surface area contributed by atoms with Gasteiger partial charge in [0.2, 0.25) is 0 Å². The molecule has 3 aromatic heterocycles. The van der Waals surface area contributed by atoms with Crippen LogP contribution in [0.1, 0.15) is 0 Å². The summed E-state index contributed by atoms with van der Waals surface area (Å²) in [6.45, 7) is 0. The van der Waals surface area contributed by atoms with Crippen LogP contribution in [0.5, 0.6) is 0 Å². The first-order valence-corrected chi connectivity index (χ1v) is 18.8. The van der Waals surface area contributed by atoms with Crippen LogP contribution in [-0.4, -0.2) is 9.13 Å². The van der Waals surface area contributed by atoms with E-state index in [9.17, 15) is 0 Å². The maximum absolute atomic E-state index is 6.45. The maximum atomic E-state index is 6.45. The van der Waals surface area contributed by atoms with Crippen molar-refractivity contribution in [3.8, 4) is 33.6 Å². The van der Waals surface area contributed by atoms with Crippen molar-refractivity contribution in [2.45, 2.75) is 0 Å². The molecule has 3 nitrogen and oxygen atoms in total. The van der Waals surface area contributed by atoms with Gasteiger partial charge in [-0.2, -0.15) is 0 Å². The highest BCUT2D eigenvalue weighted by Gasteiger charge is 2.18. The van der Waals surface area contributed by atoms with Gasteiger partial charge >= 0.3 is 0 Å². The molecule has 0 saturated carbocycles. The number of fused-ring (bicyclic) bond motifs is 10. The molecule has 0 aliphatic carbocycles. The third-order valence-electron chi connectivity index (χ3n) is 11.5. The fourth-order valence-corrected chi connectivity index (χ4v) is 9.03. The van der Waals surface area contributed by atoms with Gasteiger partial charge in [-0.3, -0.25) is 0 Å². The number of benzene rings is 9. The van der Waals surface area contributed by atoms with Gasteiger partial charge in [-0.1, -0.05) is 133 Å². The highest BCUT2D eigenvalue weighted by Crippen LogP contribution is 2.41. The van der Waals surface area contributed by atoms with E-state index in [2.05, 4.69) is 191 Å². The van der Waals surface area contributed by atoms with Crippen LogP contribution in [-0.2, 0) is 0 Å². The van der Waals surface area contributed by atoms with E-state index in [1.54, 1.807) is 0 Å². The molecule has 9 aromatic carbocycles. The van der Waals surface area contributed by atoms with Gasteiger partial charge in [0, 0.05) is 49.0 Å². The second-order valence-corrected chi connectivity index (χ2v) is 14.5. The molecule has 12 aromatic rings. The lowest BCUT2D eigenvalue weighted by Crippen LogP contribution is -1.95. The predicted molar refractivity (Wildman–Crippen MR) is 231 cm³/mol. The molecule has 0 amide bonds. The van der Waals surface area contributed by atoms with E-state index in [0.717, 1.165) is 38.8 Å². The number of para-hydroxylation sites is 4. The number of aromatic nitrogens is 2. The molecule has 12 rings (SSSR count). The minimum absolute atomic E-state index is 0.911. The maximum Gasteiger partial charge on any atom is 0.143 e. The largest absolute Gasteiger partial charge is 0.455 e. The molecule has 0 radical (unpaired) electrons. The Kier molecular flexibility index (Phi) is 6.34. The van der Waals surface area contributed by atoms with E-state index in [1.807, 2.05) is 12.1 Å². The van der Waals surface area contributed by atoms with Gasteiger partial charge in [-0.05, 0) is 82.7 Å². The van der Waals surface area contributed by atoms with Crippen molar-refractivity contribution < 1.29 is 4.42 Å². The van der Waals surface area contributed by atoms with Gasteiger partial charge in [0.25, 0.3) is 0 Å². The van der Waals surface area contributed by atoms with E-state index in [-0.39, 0.29) is 0 Å². The first kappa shape index (κ1) is 30.1. The monoisotopic (exact) mass is 700 g/mol. The Morgan fingerprint density at radius 3 is 1.67 bits per heavy atom. The summed E-state index contributed by atoms with van der Waals surface area (Å²) in [6, 6.07) is 70.3. The molecule has 0 saturated heterocycles. The van der Waals surface area contributed by atoms with Crippen LogP contribution >= 0.6 is 0 Å². The molecule has 0 bridgehead atoms. The summed E-state index contributed by atoms with van der Waals surface area (Å²) < 4.78 is 11.3. The lowest BCUT2D eigenvalue weighted by molar-refractivity contribution is 0.670. The number of rotatable bonds is 4. The van der Waals surface area contributed by atoms with Crippen molar-refractivity contribution in [3.63, 3.8) is 0 Å². The van der Waals surface area contributed by atoms with Gasteiger partial charge in [-0.15, -0.1) is 0 Å². The average molecular weight is 701 g/mol. The van der Waals surface area contributed by atoms with Gasteiger partial charge < -0.3 is 13.6 Å². The highest BCUT2D eigenvalue weighted by molar-refractivity contribution is 6.14. The second kappa shape index (κ2) is 11.6. The van der Waals surface area contributed by atoms with Gasteiger partial charge in [0.1, 0.15) is 11.2 Å². The summed E-state index contributed by atoms with van der Waals surface area (Å²) >= 11 is 0. The normalized spacial score (nSPS) is 12.0. The molecular formula is C52H32N2O. The van der Waals surface area contributed by atoms with E-state index in [1.165, 1.54) is 71.2 Å². The van der Waals surface area contributed by atoms with Crippen LogP contribution in [0.2, 0.25) is 0 Å². The standard InChI is InChI=1S/C52H32N2O/c1-2-16-38-33(12-1)13-10-24-46(38)54-48-23-7-4-18-41(48)45-32-35(27-29-50(45)54)34-26-28-49-44(31-34)40-17-3-6-22-47(40)53(49)37-15-9-14-36(30-37)39-20-11-21-43-42-19-5-8-25-51(42)55-52(39)43/h1-32H. The third-order valence-corrected chi connectivity index (χ3v) is 11.5. The summed E-state index contributed by atoms with van der Waals surface area (Å²) in [5, 5.41) is 9.74. The molecule has 0 atom stereocenters. The summed E-state index contributed by atoms with van der Waals surface area (Å²) in [7, 11) is 0. The Morgan fingerprint density at radius 2 is 0.891 bits per heavy atom. The lowest BCUT2D eigenvalue weighted by Gasteiger charge is -2.12. The van der Waals surface area contributed by atoms with Crippen LogP contribution < -0.4 is 0 Å². The minimum Gasteiger partial charge on any atom is -0.455 e. The predicted octanol–water partition coefficient (Wildman–Crippen LogP) is 14.3. The average Bonchev–Trinajstić information content (AvgIpc) is 3.91. The molecule has 3 heteroatoms. The van der Waals surface area contributed by atoms with Crippen LogP contribution in [0.15, 0.2) is 199 Å². The van der Waals surface area contributed by atoms with Crippen molar-refractivity contribution in [2.24, 2.45) is 0 Å². The molecule has 0 aliphatic heterocycles. The molecule has 3 heterocycles. The molecule has 0 N–H and O–H groups in total. The SMILES string of the molecule is c1cc(-c2cccc3c2oc2ccccc23)cc(-n2c3ccccc3c3cc(-c4ccc5c(c4)c4ccccc4n5-c4cccc5ccccc45)ccc32)c1. The van der Waals surface area contributed by atoms with E-state index in [4.69, 9.17) is 4.42 Å². The fourth-order valence-electron chi connectivity index (χ4n) is 9.03. The summed E-state index contributed by atoms with van der Waals surface area (Å²) in [4.78, 5) is 0. The first-order chi connectivity index (χ1) is 27.3. The van der Waals surface area contributed by atoms with Crippen molar-refractivity contribution in [1.29, 1.82) is 0 Å². The first-order valence-electron chi connectivity index (χ1n) is 18.8. The zero-order valence-corrected chi connectivity index (χ0v) is 29.8. The third kappa shape index (κ3) is 4.44. The van der Waals surface area contributed by atoms with Crippen LogP contribution in [0.3, 0.4) is 0 Å². The molecule has 0 unspecified atom stereocenters. The molecule has 0 spiro atoms. The highest BCUT2D eigenvalue weighted by atomic mass is 16.3. The zero-order valence-electron chi connectivity index (χ0n) is 29.8. The zero-order chi connectivity index (χ0) is 36.0. The number of nitrogens with zero attached hydrogens (tertiary/aromatic N) is 2. The van der Waals surface area contributed by atoms with Gasteiger partial charge in [0.05, 0.1) is 27.8 Å². The Morgan fingerprint density at radius 1 is 0.327 bits per heavy atom. The van der Waals surface area contributed by atoms with Crippen molar-refractivity contribution in [3.05, 3.63) is 194 Å². The Balaban J connectivity index is 1.02. The molecule has 256 valence electrons. The van der Waals surface area contributed by atoms with Crippen molar-refractivity contribution in [1.82, 2.24) is 9.13 Å². The van der Waals surface area contributed by atoms with Crippen LogP contribution in [0, 0.1) is 0 Å². The van der Waals surface area contributed by atoms with Crippen LogP contribution in [0.4, 0.5) is 0 Å². The Hall–Kier alpha value is -7.36. The minimum atomic E-state index is 0.911. The van der Waals surface area contributed by atoms with Crippen LogP contribution in [0.25, 0.3) is 110 Å². The van der Waals surface area contributed by atoms with E-state index < -0.39 is 0 Å². The van der Waals surface area contributed by atoms with E-state index in [0.29, 0.717) is 0 Å². The lowest BCUT2D eigenvalue weighted by atomic mass is 10.0. The molecule has 0 aliphatic rings. The fraction of sp³-hybridized carbons (Fsp3) is 0. The second-order valence-electron chi connectivity index (χ2n) is 14.5. The van der Waals surface area contributed by atoms with Gasteiger partial charge in [0.15, 0.2) is 0 Å². The molecular weight excluding hydrogens is 669 g/mol. The summed E-state index contributed by atoms with van der Waals surface area (Å²) in [5.74, 6) is 0. The Bertz CT molecular complexity index is 3500. The smallest absolute Gasteiger partial charge is 0.143 e. The van der Waals surface area contributed by atoms with E-state index >= 15 is 0 Å². The molecule has 55 heavy (non-hydrogen) atoms. The molecule has 0 fully saturated rings. The number of furan rings is 1. The van der Waals surface area contributed by atoms with Gasteiger partial charge in [-0.25, -0.2) is 0 Å². The Labute approximate surface area is 316 Å². The summed E-state index contributed by atoms with van der Waals surface area (Å²) in [5.41, 5.74) is 13.5. The quantitative estimate of drug-likeness (QED) is 0.179. The van der Waals surface area contributed by atoms with Crippen molar-refractivity contribution >= 4 is 76.3 Å². The number of hydrogen-bond donors (Lipinski definition) is 0.